The Labute approximate surface area is 328 Å². The molecule has 1 aliphatic carbocycles. The van der Waals surface area contributed by atoms with Gasteiger partial charge in [0.25, 0.3) is 17.7 Å². The van der Waals surface area contributed by atoms with Gasteiger partial charge in [0, 0.05) is 81.9 Å². The number of nitrogens with zero attached hydrogens (tertiary/aromatic N) is 7. The van der Waals surface area contributed by atoms with Crippen molar-refractivity contribution in [2.45, 2.75) is 75.6 Å². The third kappa shape index (κ3) is 7.63. The van der Waals surface area contributed by atoms with Gasteiger partial charge in [-0.05, 0) is 75.3 Å². The molecule has 290 valence electrons. The molecule has 56 heavy (non-hydrogen) atoms. The number of halogens is 1. The van der Waals surface area contributed by atoms with Gasteiger partial charge in [-0.25, -0.2) is 9.97 Å². The maximum atomic E-state index is 13.3. The van der Waals surface area contributed by atoms with Crippen LogP contribution in [0.4, 0.5) is 11.6 Å². The highest BCUT2D eigenvalue weighted by Crippen LogP contribution is 2.33. The zero-order valence-corrected chi connectivity index (χ0v) is 31.5. The van der Waals surface area contributed by atoms with Crippen LogP contribution in [0.5, 0.6) is 5.75 Å². The topological polar surface area (TPSA) is 181 Å². The van der Waals surface area contributed by atoms with E-state index < -0.39 is 29.7 Å². The second-order valence-corrected chi connectivity index (χ2v) is 15.4. The maximum Gasteiger partial charge on any atom is 0.262 e. The molecule has 2 aromatic carbocycles. The van der Waals surface area contributed by atoms with E-state index in [0.717, 1.165) is 88.4 Å². The van der Waals surface area contributed by atoms with Gasteiger partial charge in [0.1, 0.15) is 17.9 Å². The summed E-state index contributed by atoms with van der Waals surface area (Å²) in [6, 6.07) is 11.9. The van der Waals surface area contributed by atoms with Crippen LogP contribution in [0.25, 0.3) is 0 Å². The molecular formula is C40H42ClN9O6. The lowest BCUT2D eigenvalue weighted by atomic mass is 9.92. The van der Waals surface area contributed by atoms with Gasteiger partial charge in [0.15, 0.2) is 0 Å². The normalized spacial score (nSPS) is 23.4. The fourth-order valence-corrected chi connectivity index (χ4v) is 8.69. The number of amides is 5. The van der Waals surface area contributed by atoms with Crippen molar-refractivity contribution in [1.82, 2.24) is 30.4 Å². The first-order chi connectivity index (χ1) is 27.1. The Hall–Kier alpha value is -5.59. The molecule has 0 spiro atoms. The monoisotopic (exact) mass is 779 g/mol. The maximum absolute atomic E-state index is 13.3. The van der Waals surface area contributed by atoms with Crippen LogP contribution in [-0.2, 0) is 9.59 Å². The van der Waals surface area contributed by atoms with Crippen molar-refractivity contribution in [2.75, 3.05) is 49.1 Å². The number of aromatic nitrogens is 2. The average molecular weight is 780 g/mol. The highest BCUT2D eigenvalue weighted by molar-refractivity contribution is 6.31. The molecule has 1 atom stereocenters. The number of carbonyl (C=O) groups excluding carboxylic acids is 5. The Morgan fingerprint density at radius 1 is 0.839 bits per heavy atom. The van der Waals surface area contributed by atoms with Gasteiger partial charge in [-0.15, -0.1) is 0 Å². The summed E-state index contributed by atoms with van der Waals surface area (Å²) in [7, 11) is 0. The summed E-state index contributed by atoms with van der Waals surface area (Å²) in [4.78, 5) is 80.5. The van der Waals surface area contributed by atoms with Crippen LogP contribution in [0, 0.1) is 11.3 Å². The second-order valence-electron chi connectivity index (χ2n) is 15.0. The molecule has 8 rings (SSSR count). The molecule has 3 aromatic rings. The van der Waals surface area contributed by atoms with Crippen molar-refractivity contribution in [1.29, 1.82) is 5.26 Å². The molecule has 0 radical (unpaired) electrons. The van der Waals surface area contributed by atoms with E-state index in [1.165, 1.54) is 0 Å². The zero-order chi connectivity index (χ0) is 38.9. The fourth-order valence-electron chi connectivity index (χ4n) is 8.48. The number of rotatable bonds is 8. The Kier molecular flexibility index (Phi) is 10.6. The van der Waals surface area contributed by atoms with E-state index in [1.54, 1.807) is 42.7 Å². The van der Waals surface area contributed by atoms with Gasteiger partial charge in [-0.1, -0.05) is 11.6 Å². The second kappa shape index (κ2) is 15.9. The smallest absolute Gasteiger partial charge is 0.262 e. The van der Waals surface area contributed by atoms with E-state index in [0.29, 0.717) is 39.5 Å². The Balaban J connectivity index is 0.772. The average Bonchev–Trinajstić information content (AvgIpc) is 3.46. The molecule has 1 aromatic heterocycles. The number of hydrogen-bond donors (Lipinski definition) is 2. The van der Waals surface area contributed by atoms with E-state index >= 15 is 0 Å². The lowest BCUT2D eigenvalue weighted by Gasteiger charge is -2.43. The van der Waals surface area contributed by atoms with Crippen molar-refractivity contribution >= 4 is 52.8 Å². The molecule has 16 heteroatoms. The predicted octanol–water partition coefficient (Wildman–Crippen LogP) is 3.31. The van der Waals surface area contributed by atoms with Crippen molar-refractivity contribution in [2.24, 2.45) is 0 Å². The fraction of sp³-hybridized carbons (Fsp3) is 0.450. The summed E-state index contributed by atoms with van der Waals surface area (Å²) >= 11 is 6.14. The number of piperazine rings is 1. The number of nitriles is 1. The molecule has 1 saturated carbocycles. The van der Waals surface area contributed by atoms with Crippen molar-refractivity contribution in [3.63, 3.8) is 0 Å². The number of carbonyl (C=O) groups is 5. The van der Waals surface area contributed by atoms with Crippen molar-refractivity contribution < 1.29 is 28.7 Å². The van der Waals surface area contributed by atoms with Crippen molar-refractivity contribution in [3.8, 4) is 11.8 Å². The summed E-state index contributed by atoms with van der Waals surface area (Å²) in [6.45, 7) is 4.89. The SMILES string of the molecule is N#Cc1ccc(O[C@H]2CC[C@H](NC(=O)c3cnc(N4CCN(C5CCN(c6ccc7c(c6)C(=O)N(C6CCC(=O)NC6=O)C7=O)CC5)CC4)nc3)CC2)cc1Cl. The zero-order valence-electron chi connectivity index (χ0n) is 30.8. The van der Waals surface area contributed by atoms with E-state index in [1.807, 2.05) is 12.1 Å². The standard InChI is InChI=1S/C40H42ClN9O6/c41-33-20-30(5-1-24(33)21-42)56-29-6-2-26(3-7-29)45-36(52)25-22-43-40(44-23-25)49-17-15-48(16-18-49)27-11-13-47(14-12-27)28-4-8-31-32(19-28)39(55)50(38(31)54)34-9-10-35(51)46-37(34)53/h1,4-5,8,19-20,22-23,26-27,29,34H,2-3,6-7,9-18H2,(H,45,52)(H,46,51,53)/t26-,29-,34?. The summed E-state index contributed by atoms with van der Waals surface area (Å²) in [5, 5.41) is 14.8. The lowest BCUT2D eigenvalue weighted by Crippen LogP contribution is -2.54. The number of anilines is 2. The van der Waals surface area contributed by atoms with E-state index in [4.69, 9.17) is 21.6 Å². The van der Waals surface area contributed by atoms with Crippen LogP contribution in [0.2, 0.25) is 5.02 Å². The highest BCUT2D eigenvalue weighted by atomic mass is 35.5. The lowest BCUT2D eigenvalue weighted by molar-refractivity contribution is -0.136. The van der Waals surface area contributed by atoms with Gasteiger partial charge in [-0.2, -0.15) is 5.26 Å². The molecule has 4 fully saturated rings. The number of piperidine rings is 2. The number of hydrogen-bond acceptors (Lipinski definition) is 12. The molecule has 1 unspecified atom stereocenters. The molecular weight excluding hydrogens is 738 g/mol. The van der Waals surface area contributed by atoms with Gasteiger partial charge in [0.2, 0.25) is 17.8 Å². The predicted molar refractivity (Wildman–Crippen MR) is 204 cm³/mol. The number of ether oxygens (including phenoxy) is 1. The van der Waals surface area contributed by atoms with Crippen molar-refractivity contribution in [3.05, 3.63) is 76.1 Å². The minimum Gasteiger partial charge on any atom is -0.490 e. The summed E-state index contributed by atoms with van der Waals surface area (Å²) in [5.41, 5.74) is 2.29. The Morgan fingerprint density at radius 3 is 2.23 bits per heavy atom. The largest absolute Gasteiger partial charge is 0.490 e. The van der Waals surface area contributed by atoms with Gasteiger partial charge in [-0.3, -0.25) is 39.1 Å². The van der Waals surface area contributed by atoms with Gasteiger partial charge < -0.3 is 19.9 Å². The van der Waals surface area contributed by atoms with Crippen LogP contribution >= 0.6 is 11.6 Å². The van der Waals surface area contributed by atoms with Gasteiger partial charge >= 0.3 is 0 Å². The molecule has 2 N–H and O–H groups in total. The molecule has 4 aliphatic heterocycles. The number of benzene rings is 2. The Bertz CT molecular complexity index is 2080. The van der Waals surface area contributed by atoms with E-state index in [9.17, 15) is 24.0 Å². The molecule has 15 nitrogen and oxygen atoms in total. The third-order valence-corrected chi connectivity index (χ3v) is 12.0. The third-order valence-electron chi connectivity index (χ3n) is 11.6. The molecule has 5 aliphatic rings. The minimum absolute atomic E-state index is 0.0172. The van der Waals surface area contributed by atoms with Crippen LogP contribution < -0.4 is 25.2 Å². The molecule has 5 heterocycles. The first-order valence-corrected chi connectivity index (χ1v) is 19.6. The van der Waals surface area contributed by atoms with Crippen LogP contribution in [0.3, 0.4) is 0 Å². The molecule has 3 saturated heterocycles. The number of fused-ring (bicyclic) bond motifs is 1. The minimum atomic E-state index is -0.981. The van der Waals surface area contributed by atoms with Crippen LogP contribution in [0.15, 0.2) is 48.8 Å². The van der Waals surface area contributed by atoms with Crippen LogP contribution in [0.1, 0.15) is 88.0 Å². The number of nitrogens with one attached hydrogen (secondary N) is 2. The highest BCUT2D eigenvalue weighted by Gasteiger charge is 2.45. The summed E-state index contributed by atoms with van der Waals surface area (Å²) in [5.74, 6) is -0.951. The van der Waals surface area contributed by atoms with Crippen LogP contribution in [-0.4, -0.2) is 113 Å². The molecule has 5 amide bonds. The first kappa shape index (κ1) is 37.3. The summed E-state index contributed by atoms with van der Waals surface area (Å²) in [6.07, 6.45) is 8.47. The first-order valence-electron chi connectivity index (χ1n) is 19.2. The number of imide groups is 2. The van der Waals surface area contributed by atoms with E-state index in [2.05, 4.69) is 35.3 Å². The Morgan fingerprint density at radius 2 is 1.55 bits per heavy atom. The quantitative estimate of drug-likeness (QED) is 0.319. The van der Waals surface area contributed by atoms with Gasteiger partial charge in [0.05, 0.1) is 33.4 Å². The summed E-state index contributed by atoms with van der Waals surface area (Å²) < 4.78 is 6.08. The van der Waals surface area contributed by atoms with E-state index in [-0.39, 0.29) is 36.5 Å². The molecule has 0 bridgehead atoms.